The second-order valence-electron chi connectivity index (χ2n) is 5.00. The number of urea groups is 1. The fourth-order valence-corrected chi connectivity index (χ4v) is 2.49. The highest BCUT2D eigenvalue weighted by atomic mass is 16.2. The Hall–Kier alpha value is -0.730. The molecule has 0 aromatic heterocycles. The van der Waals surface area contributed by atoms with E-state index in [4.69, 9.17) is 0 Å². The molecule has 0 aliphatic carbocycles. The molecule has 2 saturated heterocycles. The van der Waals surface area contributed by atoms with E-state index in [1.54, 1.807) is 0 Å². The highest BCUT2D eigenvalue weighted by Gasteiger charge is 2.25. The molecule has 0 aromatic rings. The third-order valence-electron chi connectivity index (χ3n) is 3.68. The maximum atomic E-state index is 12.1. The molecule has 0 unspecified atom stereocenters. The van der Waals surface area contributed by atoms with Crippen LogP contribution >= 0.6 is 0 Å². The zero-order valence-corrected chi connectivity index (χ0v) is 9.74. The van der Waals surface area contributed by atoms with Gasteiger partial charge in [-0.2, -0.15) is 0 Å². The van der Waals surface area contributed by atoms with Gasteiger partial charge >= 0.3 is 6.03 Å². The van der Waals surface area contributed by atoms with Gasteiger partial charge in [0.2, 0.25) is 0 Å². The number of likely N-dealkylation sites (tertiary alicyclic amines) is 2. The van der Waals surface area contributed by atoms with Crippen LogP contribution in [0.1, 0.15) is 39.0 Å². The van der Waals surface area contributed by atoms with Crippen LogP contribution in [0.2, 0.25) is 0 Å². The minimum Gasteiger partial charge on any atom is -0.325 e. The van der Waals surface area contributed by atoms with Crippen molar-refractivity contribution in [1.29, 1.82) is 0 Å². The summed E-state index contributed by atoms with van der Waals surface area (Å²) in [6, 6.07) is 0.293. The van der Waals surface area contributed by atoms with E-state index in [0.717, 1.165) is 32.1 Å². The molecule has 0 radical (unpaired) electrons. The lowest BCUT2D eigenvalue weighted by atomic mass is 9.99. The molecule has 2 heterocycles. The molecule has 0 bridgehead atoms. The van der Waals surface area contributed by atoms with Crippen molar-refractivity contribution in [3.63, 3.8) is 0 Å². The molecule has 2 amide bonds. The highest BCUT2D eigenvalue weighted by Crippen LogP contribution is 2.18. The van der Waals surface area contributed by atoms with Crippen LogP contribution in [0.25, 0.3) is 0 Å². The first kappa shape index (κ1) is 10.8. The fourth-order valence-electron chi connectivity index (χ4n) is 2.49. The van der Waals surface area contributed by atoms with E-state index in [9.17, 15) is 4.79 Å². The normalized spacial score (nSPS) is 24.3. The second-order valence-corrected chi connectivity index (χ2v) is 5.00. The Labute approximate surface area is 92.4 Å². The number of hydrogen-bond acceptors (Lipinski definition) is 1. The maximum absolute atomic E-state index is 12.1. The van der Waals surface area contributed by atoms with Gasteiger partial charge in [0.25, 0.3) is 0 Å². The minimum absolute atomic E-state index is 0.293. The van der Waals surface area contributed by atoms with E-state index in [1.807, 2.05) is 9.80 Å². The Morgan fingerprint density at radius 1 is 0.933 bits per heavy atom. The Kier molecular flexibility index (Phi) is 3.49. The molecule has 0 saturated carbocycles. The summed E-state index contributed by atoms with van der Waals surface area (Å²) in [7, 11) is 0. The quantitative estimate of drug-likeness (QED) is 0.602. The van der Waals surface area contributed by atoms with Gasteiger partial charge < -0.3 is 9.80 Å². The highest BCUT2D eigenvalue weighted by molar-refractivity contribution is 5.74. The number of carbonyl (C=O) groups is 1. The zero-order valence-electron chi connectivity index (χ0n) is 9.74. The van der Waals surface area contributed by atoms with Gasteiger partial charge in [-0.25, -0.2) is 4.79 Å². The van der Waals surface area contributed by atoms with Crippen LogP contribution < -0.4 is 0 Å². The molecule has 0 N–H and O–H groups in total. The van der Waals surface area contributed by atoms with Crippen molar-refractivity contribution >= 4 is 6.03 Å². The summed E-state index contributed by atoms with van der Waals surface area (Å²) >= 11 is 0. The molecular formula is C12H22N2O. The molecule has 3 heteroatoms. The van der Waals surface area contributed by atoms with E-state index in [-0.39, 0.29) is 0 Å². The monoisotopic (exact) mass is 210 g/mol. The molecule has 0 aromatic carbocycles. The van der Waals surface area contributed by atoms with Gasteiger partial charge in [-0.05, 0) is 38.0 Å². The first-order valence-corrected chi connectivity index (χ1v) is 6.31. The number of hydrogen-bond donors (Lipinski definition) is 0. The van der Waals surface area contributed by atoms with Gasteiger partial charge in [-0.15, -0.1) is 0 Å². The smallest absolute Gasteiger partial charge is 0.319 e. The van der Waals surface area contributed by atoms with Gasteiger partial charge in [0, 0.05) is 26.2 Å². The van der Waals surface area contributed by atoms with E-state index < -0.39 is 0 Å². The molecule has 0 spiro atoms. The molecule has 2 aliphatic rings. The van der Waals surface area contributed by atoms with Crippen molar-refractivity contribution < 1.29 is 4.79 Å². The van der Waals surface area contributed by atoms with Crippen LogP contribution in [0.3, 0.4) is 0 Å². The fraction of sp³-hybridized carbons (Fsp3) is 0.917. The number of nitrogens with zero attached hydrogens (tertiary/aromatic N) is 2. The van der Waals surface area contributed by atoms with Crippen molar-refractivity contribution in [2.75, 3.05) is 26.2 Å². The number of carbonyl (C=O) groups excluding carboxylic acids is 1. The SMILES string of the molecule is CC1CCN(C(=O)N2CCCCC2)CC1. The van der Waals surface area contributed by atoms with Crippen molar-refractivity contribution in [3.05, 3.63) is 0 Å². The average Bonchev–Trinajstić information content (AvgIpc) is 2.30. The standard InChI is InChI=1S/C12H22N2O/c1-11-5-9-14(10-6-11)12(15)13-7-3-2-4-8-13/h11H,2-10H2,1H3. The third-order valence-corrected chi connectivity index (χ3v) is 3.68. The van der Waals surface area contributed by atoms with E-state index in [2.05, 4.69) is 6.92 Å². The maximum Gasteiger partial charge on any atom is 0.319 e. The van der Waals surface area contributed by atoms with Crippen molar-refractivity contribution in [1.82, 2.24) is 9.80 Å². The number of amides is 2. The first-order chi connectivity index (χ1) is 7.27. The minimum atomic E-state index is 0.293. The Morgan fingerprint density at radius 3 is 2.07 bits per heavy atom. The summed E-state index contributed by atoms with van der Waals surface area (Å²) in [6.07, 6.45) is 6.03. The molecule has 86 valence electrons. The lowest BCUT2D eigenvalue weighted by Crippen LogP contribution is -2.48. The summed E-state index contributed by atoms with van der Waals surface area (Å²) < 4.78 is 0. The van der Waals surface area contributed by atoms with Gasteiger partial charge in [-0.3, -0.25) is 0 Å². The number of piperidine rings is 2. The first-order valence-electron chi connectivity index (χ1n) is 6.31. The molecular weight excluding hydrogens is 188 g/mol. The van der Waals surface area contributed by atoms with Gasteiger partial charge in [-0.1, -0.05) is 6.92 Å². The number of rotatable bonds is 0. The van der Waals surface area contributed by atoms with Crippen LogP contribution in [0.15, 0.2) is 0 Å². The lowest BCUT2D eigenvalue weighted by Gasteiger charge is -2.36. The predicted molar refractivity (Wildman–Crippen MR) is 60.8 cm³/mol. The summed E-state index contributed by atoms with van der Waals surface area (Å²) in [6.45, 7) is 6.17. The van der Waals surface area contributed by atoms with E-state index >= 15 is 0 Å². The summed E-state index contributed by atoms with van der Waals surface area (Å²) in [4.78, 5) is 16.2. The second kappa shape index (κ2) is 4.86. The molecule has 15 heavy (non-hydrogen) atoms. The van der Waals surface area contributed by atoms with Gasteiger partial charge in [0.05, 0.1) is 0 Å². The summed E-state index contributed by atoms with van der Waals surface area (Å²) in [5.41, 5.74) is 0. The predicted octanol–water partition coefficient (Wildman–Crippen LogP) is 2.32. The van der Waals surface area contributed by atoms with E-state index in [1.165, 1.54) is 32.1 Å². The molecule has 3 nitrogen and oxygen atoms in total. The van der Waals surface area contributed by atoms with Gasteiger partial charge in [0.15, 0.2) is 0 Å². The van der Waals surface area contributed by atoms with Crippen LogP contribution in [-0.2, 0) is 0 Å². The zero-order chi connectivity index (χ0) is 10.7. The third kappa shape index (κ3) is 2.64. The Morgan fingerprint density at radius 2 is 1.47 bits per heavy atom. The van der Waals surface area contributed by atoms with Crippen LogP contribution in [0.4, 0.5) is 4.79 Å². The molecule has 0 atom stereocenters. The summed E-state index contributed by atoms with van der Waals surface area (Å²) in [5.74, 6) is 0.801. The Bertz CT molecular complexity index is 216. The molecule has 2 fully saturated rings. The van der Waals surface area contributed by atoms with Crippen molar-refractivity contribution in [3.8, 4) is 0 Å². The van der Waals surface area contributed by atoms with Gasteiger partial charge in [0.1, 0.15) is 0 Å². The molecule has 2 rings (SSSR count). The van der Waals surface area contributed by atoms with Crippen LogP contribution in [0, 0.1) is 5.92 Å². The van der Waals surface area contributed by atoms with Crippen molar-refractivity contribution in [2.24, 2.45) is 5.92 Å². The topological polar surface area (TPSA) is 23.6 Å². The van der Waals surface area contributed by atoms with E-state index in [0.29, 0.717) is 6.03 Å². The largest absolute Gasteiger partial charge is 0.325 e. The van der Waals surface area contributed by atoms with Crippen LogP contribution in [-0.4, -0.2) is 42.0 Å². The Balaban J connectivity index is 1.84. The van der Waals surface area contributed by atoms with Crippen LogP contribution in [0.5, 0.6) is 0 Å². The molecule has 2 aliphatic heterocycles. The summed E-state index contributed by atoms with van der Waals surface area (Å²) in [5, 5.41) is 0. The van der Waals surface area contributed by atoms with Crippen molar-refractivity contribution in [2.45, 2.75) is 39.0 Å². The average molecular weight is 210 g/mol. The lowest BCUT2D eigenvalue weighted by molar-refractivity contribution is 0.127.